The van der Waals surface area contributed by atoms with Crippen LogP contribution in [0.4, 0.5) is 10.5 Å². The molecule has 0 spiro atoms. The SMILES string of the molecule is Cc1ccc(NC(=O)OS(=O)(=O)c2cccc(C#CCBr)c2)cc1. The third-order valence-corrected chi connectivity index (χ3v) is 4.39. The molecular formula is C17H14BrNO4S. The summed E-state index contributed by atoms with van der Waals surface area (Å²) in [4.78, 5) is 11.7. The van der Waals surface area contributed by atoms with E-state index < -0.39 is 16.2 Å². The Bertz CT molecular complexity index is 896. The predicted molar refractivity (Wildman–Crippen MR) is 95.6 cm³/mol. The van der Waals surface area contributed by atoms with Crippen LogP contribution in [-0.4, -0.2) is 19.8 Å². The van der Waals surface area contributed by atoms with Crippen LogP contribution in [-0.2, 0) is 14.3 Å². The maximum Gasteiger partial charge on any atom is 0.427 e. The van der Waals surface area contributed by atoms with Gasteiger partial charge in [-0.25, -0.2) is 4.79 Å². The summed E-state index contributed by atoms with van der Waals surface area (Å²) in [5.74, 6) is 5.56. The van der Waals surface area contributed by atoms with E-state index in [1.165, 1.54) is 18.2 Å². The third kappa shape index (κ3) is 5.11. The summed E-state index contributed by atoms with van der Waals surface area (Å²) >= 11 is 3.16. The molecule has 0 aliphatic heterocycles. The fourth-order valence-corrected chi connectivity index (χ4v) is 2.78. The van der Waals surface area contributed by atoms with Crippen LogP contribution in [0.25, 0.3) is 0 Å². The standard InChI is InChI=1S/C17H14BrNO4S/c1-13-7-9-15(10-8-13)19-17(20)23-24(21,22)16-6-2-4-14(12-16)5-3-11-18/h2,4,6-10,12H,11H2,1H3,(H,19,20). The van der Waals surface area contributed by atoms with Crippen LogP contribution in [0, 0.1) is 18.8 Å². The fourth-order valence-electron chi connectivity index (χ4n) is 1.79. The second-order valence-corrected chi connectivity index (χ2v) is 6.89. The lowest BCUT2D eigenvalue weighted by Crippen LogP contribution is -2.19. The zero-order chi connectivity index (χ0) is 17.6. The number of alkyl halides is 1. The van der Waals surface area contributed by atoms with E-state index >= 15 is 0 Å². The van der Waals surface area contributed by atoms with Crippen molar-refractivity contribution in [1.29, 1.82) is 0 Å². The van der Waals surface area contributed by atoms with Crippen LogP contribution < -0.4 is 5.32 Å². The highest BCUT2D eigenvalue weighted by Gasteiger charge is 2.20. The van der Waals surface area contributed by atoms with Crippen molar-refractivity contribution in [3.05, 3.63) is 59.7 Å². The Kier molecular flexibility index (Phi) is 6.01. The molecule has 2 aromatic rings. The molecule has 0 unspecified atom stereocenters. The average Bonchev–Trinajstić information content (AvgIpc) is 2.55. The number of aryl methyl sites for hydroxylation is 1. The minimum atomic E-state index is -4.23. The molecule has 0 saturated heterocycles. The van der Waals surface area contributed by atoms with Crippen LogP contribution in [0.2, 0.25) is 0 Å². The number of anilines is 1. The maximum absolute atomic E-state index is 12.2. The van der Waals surface area contributed by atoms with Crippen molar-refractivity contribution in [2.45, 2.75) is 11.8 Å². The van der Waals surface area contributed by atoms with Crippen LogP contribution in [0.5, 0.6) is 0 Å². The first-order valence-corrected chi connectivity index (χ1v) is 9.41. The normalized spacial score (nSPS) is 10.4. The number of hydrogen-bond donors (Lipinski definition) is 1. The largest absolute Gasteiger partial charge is 0.427 e. The Labute approximate surface area is 149 Å². The Morgan fingerprint density at radius 1 is 1.21 bits per heavy atom. The molecule has 0 radical (unpaired) electrons. The average molecular weight is 408 g/mol. The zero-order valence-electron chi connectivity index (χ0n) is 12.7. The Balaban J connectivity index is 2.12. The summed E-state index contributed by atoms with van der Waals surface area (Å²) in [6.45, 7) is 1.90. The van der Waals surface area contributed by atoms with Crippen molar-refractivity contribution < 1.29 is 17.4 Å². The summed E-state index contributed by atoms with van der Waals surface area (Å²) in [7, 11) is -4.23. The number of rotatable bonds is 3. The van der Waals surface area contributed by atoms with Crippen molar-refractivity contribution in [3.8, 4) is 11.8 Å². The number of halogens is 1. The third-order valence-electron chi connectivity index (χ3n) is 2.91. The molecule has 0 saturated carbocycles. The van der Waals surface area contributed by atoms with Crippen LogP contribution in [0.3, 0.4) is 0 Å². The molecule has 7 heteroatoms. The van der Waals surface area contributed by atoms with E-state index in [9.17, 15) is 13.2 Å². The van der Waals surface area contributed by atoms with E-state index in [1.54, 1.807) is 30.3 Å². The van der Waals surface area contributed by atoms with E-state index in [0.29, 0.717) is 16.6 Å². The van der Waals surface area contributed by atoms with Gasteiger partial charge in [0.2, 0.25) is 0 Å². The molecule has 0 aromatic heterocycles. The lowest BCUT2D eigenvalue weighted by Gasteiger charge is -2.08. The van der Waals surface area contributed by atoms with E-state index in [-0.39, 0.29) is 4.90 Å². The Morgan fingerprint density at radius 3 is 2.58 bits per heavy atom. The lowest BCUT2D eigenvalue weighted by atomic mass is 10.2. The van der Waals surface area contributed by atoms with Gasteiger partial charge in [0.25, 0.3) is 0 Å². The molecule has 2 rings (SSSR count). The highest BCUT2D eigenvalue weighted by atomic mass is 79.9. The molecule has 0 bridgehead atoms. The van der Waals surface area contributed by atoms with Crippen molar-refractivity contribution in [2.75, 3.05) is 10.6 Å². The molecule has 1 N–H and O–H groups in total. The second kappa shape index (κ2) is 7.99. The number of nitrogens with one attached hydrogen (secondary N) is 1. The first-order chi connectivity index (χ1) is 11.4. The van der Waals surface area contributed by atoms with Gasteiger partial charge in [-0.05, 0) is 37.3 Å². The van der Waals surface area contributed by atoms with Gasteiger partial charge in [-0.3, -0.25) is 5.32 Å². The first-order valence-electron chi connectivity index (χ1n) is 6.88. The molecule has 124 valence electrons. The molecule has 2 aromatic carbocycles. The van der Waals surface area contributed by atoms with Crippen LogP contribution >= 0.6 is 15.9 Å². The Hall–Kier alpha value is -2.30. The summed E-state index contributed by atoms with van der Waals surface area (Å²) in [6.07, 6.45) is -1.07. The minimum absolute atomic E-state index is 0.136. The van der Waals surface area contributed by atoms with Crippen molar-refractivity contribution in [2.24, 2.45) is 0 Å². The van der Waals surface area contributed by atoms with Crippen LogP contribution in [0.15, 0.2) is 53.4 Å². The molecule has 1 amide bonds. The van der Waals surface area contributed by atoms with Gasteiger partial charge >= 0.3 is 16.2 Å². The molecule has 0 aliphatic carbocycles. The number of benzene rings is 2. The summed E-state index contributed by atoms with van der Waals surface area (Å²) in [6, 6.07) is 12.8. The highest BCUT2D eigenvalue weighted by Crippen LogP contribution is 2.16. The Morgan fingerprint density at radius 2 is 1.92 bits per heavy atom. The monoisotopic (exact) mass is 407 g/mol. The van der Waals surface area contributed by atoms with Gasteiger partial charge in [0, 0.05) is 11.3 Å². The van der Waals surface area contributed by atoms with Gasteiger partial charge in [-0.2, -0.15) is 8.42 Å². The maximum atomic E-state index is 12.2. The smallest absolute Gasteiger partial charge is 0.324 e. The summed E-state index contributed by atoms with van der Waals surface area (Å²) in [5, 5.41) is 2.84. The molecule has 5 nitrogen and oxygen atoms in total. The van der Waals surface area contributed by atoms with Crippen molar-refractivity contribution in [3.63, 3.8) is 0 Å². The topological polar surface area (TPSA) is 72.5 Å². The molecule has 0 fully saturated rings. The van der Waals surface area contributed by atoms with Gasteiger partial charge in [-0.1, -0.05) is 51.5 Å². The van der Waals surface area contributed by atoms with E-state index in [4.69, 9.17) is 0 Å². The van der Waals surface area contributed by atoms with Gasteiger partial charge in [-0.15, -0.1) is 0 Å². The van der Waals surface area contributed by atoms with Gasteiger partial charge in [0.15, 0.2) is 0 Å². The molecule has 0 atom stereocenters. The minimum Gasteiger partial charge on any atom is -0.324 e. The molecular weight excluding hydrogens is 394 g/mol. The van der Waals surface area contributed by atoms with Crippen molar-refractivity contribution >= 4 is 37.8 Å². The quantitative estimate of drug-likeness (QED) is 0.478. The predicted octanol–water partition coefficient (Wildman–Crippen LogP) is 3.68. The van der Waals surface area contributed by atoms with E-state index in [0.717, 1.165) is 5.56 Å². The first kappa shape index (κ1) is 18.0. The van der Waals surface area contributed by atoms with E-state index in [2.05, 4.69) is 37.3 Å². The fraction of sp³-hybridized carbons (Fsp3) is 0.118. The lowest BCUT2D eigenvalue weighted by molar-refractivity contribution is 0.217. The number of amides is 1. The van der Waals surface area contributed by atoms with Crippen molar-refractivity contribution in [1.82, 2.24) is 0 Å². The zero-order valence-corrected chi connectivity index (χ0v) is 15.1. The summed E-state index contributed by atoms with van der Waals surface area (Å²) in [5.41, 5.74) is 1.97. The number of carbonyl (C=O) groups is 1. The summed E-state index contributed by atoms with van der Waals surface area (Å²) < 4.78 is 28.9. The molecule has 24 heavy (non-hydrogen) atoms. The second-order valence-electron chi connectivity index (χ2n) is 4.78. The number of hydrogen-bond acceptors (Lipinski definition) is 4. The highest BCUT2D eigenvalue weighted by molar-refractivity contribution is 9.09. The van der Waals surface area contributed by atoms with Gasteiger partial charge < -0.3 is 4.18 Å². The van der Waals surface area contributed by atoms with Gasteiger partial charge in [0.1, 0.15) is 4.90 Å². The van der Waals surface area contributed by atoms with Gasteiger partial charge in [0.05, 0.1) is 5.33 Å². The number of carbonyl (C=O) groups excluding carboxylic acids is 1. The van der Waals surface area contributed by atoms with Crippen LogP contribution in [0.1, 0.15) is 11.1 Å². The van der Waals surface area contributed by atoms with E-state index in [1.807, 2.05) is 6.92 Å². The molecule has 0 aliphatic rings. The molecule has 0 heterocycles.